The molecule has 1 amide bonds. The minimum absolute atomic E-state index is 0.131. The van der Waals surface area contributed by atoms with Crippen molar-refractivity contribution in [3.63, 3.8) is 0 Å². The zero-order valence-corrected chi connectivity index (χ0v) is 17.4. The van der Waals surface area contributed by atoms with Crippen molar-refractivity contribution in [2.24, 2.45) is 0 Å². The van der Waals surface area contributed by atoms with Gasteiger partial charge in [0.25, 0.3) is 0 Å². The maximum atomic E-state index is 13.7. The van der Waals surface area contributed by atoms with Gasteiger partial charge in [0.15, 0.2) is 0 Å². The van der Waals surface area contributed by atoms with Crippen molar-refractivity contribution in [3.8, 4) is 0 Å². The number of hydrogen-bond donors (Lipinski definition) is 0. The second kappa shape index (κ2) is 8.67. The molecular weight excluding hydrogens is 444 g/mol. The van der Waals surface area contributed by atoms with E-state index in [1.54, 1.807) is 4.90 Å². The van der Waals surface area contributed by atoms with Crippen molar-refractivity contribution in [1.29, 1.82) is 0 Å². The van der Waals surface area contributed by atoms with Gasteiger partial charge in [0, 0.05) is 51.0 Å². The molecule has 0 saturated carbocycles. The van der Waals surface area contributed by atoms with E-state index in [0.29, 0.717) is 24.8 Å². The van der Waals surface area contributed by atoms with E-state index in [0.717, 1.165) is 31.7 Å². The summed E-state index contributed by atoms with van der Waals surface area (Å²) in [6.07, 6.45) is -0.287. The molecule has 0 unspecified atom stereocenters. The fraction of sp³-hybridized carbons (Fsp3) is 0.381. The fourth-order valence-electron chi connectivity index (χ4n) is 3.70. The normalized spacial score (nSPS) is 17.9. The zero-order valence-electron chi connectivity index (χ0n) is 15.9. The highest BCUT2D eigenvalue weighted by molar-refractivity contribution is 9.10. The van der Waals surface area contributed by atoms with Gasteiger partial charge in [-0.3, -0.25) is 4.90 Å². The van der Waals surface area contributed by atoms with E-state index >= 15 is 0 Å². The Labute approximate surface area is 177 Å². The molecule has 5 nitrogen and oxygen atoms in total. The van der Waals surface area contributed by atoms with Gasteiger partial charge in [-0.05, 0) is 33.6 Å². The van der Waals surface area contributed by atoms with Gasteiger partial charge < -0.3 is 14.5 Å². The first kappa shape index (κ1) is 20.1. The quantitative estimate of drug-likeness (QED) is 0.642. The summed E-state index contributed by atoms with van der Waals surface area (Å²) in [5, 5.41) is 0. The maximum Gasteiger partial charge on any atom is 0.410 e. The summed E-state index contributed by atoms with van der Waals surface area (Å²) < 4.78 is 32.7. The average molecular weight is 466 g/mol. The van der Waals surface area contributed by atoms with Gasteiger partial charge in [0.1, 0.15) is 18.2 Å². The molecule has 0 bridgehead atoms. The topological polar surface area (TPSA) is 36.0 Å². The lowest BCUT2D eigenvalue weighted by Crippen LogP contribution is -2.63. The van der Waals surface area contributed by atoms with E-state index < -0.39 is 11.6 Å². The number of amides is 1. The van der Waals surface area contributed by atoms with E-state index in [1.807, 2.05) is 35.2 Å². The summed E-state index contributed by atoms with van der Waals surface area (Å²) in [5.41, 5.74) is 1.53. The summed E-state index contributed by atoms with van der Waals surface area (Å²) in [6.45, 7) is 4.48. The van der Waals surface area contributed by atoms with Gasteiger partial charge >= 0.3 is 6.09 Å². The lowest BCUT2D eigenvalue weighted by molar-refractivity contribution is 0.0547. The van der Waals surface area contributed by atoms with Gasteiger partial charge in [-0.1, -0.05) is 30.3 Å². The Morgan fingerprint density at radius 2 is 1.66 bits per heavy atom. The van der Waals surface area contributed by atoms with Crippen LogP contribution >= 0.6 is 15.9 Å². The monoisotopic (exact) mass is 465 g/mol. The van der Waals surface area contributed by atoms with E-state index in [2.05, 4.69) is 20.8 Å². The van der Waals surface area contributed by atoms with Gasteiger partial charge in [-0.25, -0.2) is 13.6 Å². The highest BCUT2D eigenvalue weighted by atomic mass is 79.9. The number of hydrogen-bond acceptors (Lipinski definition) is 4. The molecule has 154 valence electrons. The van der Waals surface area contributed by atoms with Crippen LogP contribution in [0, 0.1) is 11.6 Å². The first-order chi connectivity index (χ1) is 14.0. The summed E-state index contributed by atoms with van der Waals surface area (Å²) in [6, 6.07) is 12.6. The number of carbonyl (C=O) groups excluding carboxylic acids is 1. The molecule has 2 fully saturated rings. The first-order valence-electron chi connectivity index (χ1n) is 9.60. The predicted molar refractivity (Wildman–Crippen MR) is 110 cm³/mol. The molecule has 2 saturated heterocycles. The molecule has 0 aromatic heterocycles. The number of ether oxygens (including phenoxy) is 1. The van der Waals surface area contributed by atoms with E-state index in [9.17, 15) is 13.6 Å². The minimum Gasteiger partial charge on any atom is -0.445 e. The number of anilines is 1. The van der Waals surface area contributed by atoms with Crippen LogP contribution in [0.25, 0.3) is 0 Å². The van der Waals surface area contributed by atoms with Crippen molar-refractivity contribution >= 4 is 27.7 Å². The number of halogens is 3. The minimum atomic E-state index is -0.592. The van der Waals surface area contributed by atoms with Crippen LogP contribution in [0.4, 0.5) is 19.3 Å². The predicted octanol–water partition coefficient (Wildman–Crippen LogP) is 3.87. The van der Waals surface area contributed by atoms with Crippen LogP contribution in [0.3, 0.4) is 0 Å². The van der Waals surface area contributed by atoms with Gasteiger partial charge in [0.2, 0.25) is 0 Å². The fourth-order valence-corrected chi connectivity index (χ4v) is 3.93. The lowest BCUT2D eigenvalue weighted by atomic mass is 10.0. The summed E-state index contributed by atoms with van der Waals surface area (Å²) in [5.74, 6) is -1.18. The van der Waals surface area contributed by atoms with Crippen LogP contribution in [0.15, 0.2) is 46.9 Å². The summed E-state index contributed by atoms with van der Waals surface area (Å²) in [4.78, 5) is 18.3. The van der Waals surface area contributed by atoms with Crippen LogP contribution in [-0.2, 0) is 11.3 Å². The third kappa shape index (κ3) is 4.53. The molecule has 0 atom stereocenters. The van der Waals surface area contributed by atoms with Crippen molar-refractivity contribution in [2.75, 3.05) is 44.2 Å². The molecular formula is C21H22BrF2N3O2. The second-order valence-corrected chi connectivity index (χ2v) is 8.14. The van der Waals surface area contributed by atoms with Crippen molar-refractivity contribution in [2.45, 2.75) is 12.6 Å². The highest BCUT2D eigenvalue weighted by Crippen LogP contribution is 2.30. The standard InChI is InChI=1S/C21H22BrF2N3O2/c22-20-18(23)10-16(11-19(20)24)27-12-17(13-27)25-6-8-26(9-7-25)21(28)29-14-15-4-2-1-3-5-15/h1-5,10-11,17H,6-9,12-14H2. The third-order valence-electron chi connectivity index (χ3n) is 5.49. The van der Waals surface area contributed by atoms with E-state index in [4.69, 9.17) is 4.74 Å². The molecule has 4 rings (SSSR count). The van der Waals surface area contributed by atoms with Crippen LogP contribution in [0.1, 0.15) is 5.56 Å². The molecule has 2 aliphatic heterocycles. The SMILES string of the molecule is O=C(OCc1ccccc1)N1CCN(C2CN(c3cc(F)c(Br)c(F)c3)C2)CC1. The Balaban J connectivity index is 1.22. The van der Waals surface area contributed by atoms with Gasteiger partial charge in [-0.15, -0.1) is 0 Å². The van der Waals surface area contributed by atoms with Crippen molar-refractivity contribution in [3.05, 3.63) is 64.1 Å². The van der Waals surface area contributed by atoms with Crippen LogP contribution < -0.4 is 4.90 Å². The van der Waals surface area contributed by atoms with Gasteiger partial charge in [0.05, 0.1) is 4.47 Å². The number of carbonyl (C=O) groups is 1. The number of rotatable bonds is 4. The molecule has 2 aromatic rings. The molecule has 2 heterocycles. The number of nitrogens with zero attached hydrogens (tertiary/aromatic N) is 3. The summed E-state index contributed by atoms with van der Waals surface area (Å²) in [7, 11) is 0. The molecule has 0 N–H and O–H groups in total. The molecule has 8 heteroatoms. The molecule has 0 spiro atoms. The molecule has 0 radical (unpaired) electrons. The number of piperazine rings is 1. The Morgan fingerprint density at radius 3 is 2.28 bits per heavy atom. The van der Waals surface area contributed by atoms with E-state index in [1.165, 1.54) is 12.1 Å². The third-order valence-corrected chi connectivity index (χ3v) is 6.25. The van der Waals surface area contributed by atoms with Crippen molar-refractivity contribution in [1.82, 2.24) is 9.80 Å². The van der Waals surface area contributed by atoms with E-state index in [-0.39, 0.29) is 17.2 Å². The molecule has 0 aliphatic carbocycles. The largest absolute Gasteiger partial charge is 0.445 e. The number of benzene rings is 2. The second-order valence-electron chi connectivity index (χ2n) is 7.35. The summed E-state index contributed by atoms with van der Waals surface area (Å²) >= 11 is 2.90. The molecule has 2 aromatic carbocycles. The molecule has 2 aliphatic rings. The Hall–Kier alpha value is -2.19. The Kier molecular flexibility index (Phi) is 6.01. The highest BCUT2D eigenvalue weighted by Gasteiger charge is 2.35. The van der Waals surface area contributed by atoms with Crippen molar-refractivity contribution < 1.29 is 18.3 Å². The van der Waals surface area contributed by atoms with Crippen LogP contribution in [0.2, 0.25) is 0 Å². The Morgan fingerprint density at radius 1 is 1.03 bits per heavy atom. The van der Waals surface area contributed by atoms with Crippen LogP contribution in [0.5, 0.6) is 0 Å². The first-order valence-corrected chi connectivity index (χ1v) is 10.4. The van der Waals surface area contributed by atoms with Crippen LogP contribution in [-0.4, -0.2) is 61.2 Å². The van der Waals surface area contributed by atoms with Gasteiger partial charge in [-0.2, -0.15) is 0 Å². The average Bonchev–Trinajstić information content (AvgIpc) is 2.70. The molecule has 29 heavy (non-hydrogen) atoms. The maximum absolute atomic E-state index is 13.7. The Bertz CT molecular complexity index is 846. The zero-order chi connectivity index (χ0) is 20.4. The smallest absolute Gasteiger partial charge is 0.410 e. The lowest BCUT2D eigenvalue weighted by Gasteiger charge is -2.49.